The first kappa shape index (κ1) is 13.4. The molecule has 1 N–H and O–H groups in total. The largest absolute Gasteiger partial charge is 0.387 e. The van der Waals surface area contributed by atoms with Crippen molar-refractivity contribution in [2.24, 2.45) is 0 Å². The van der Waals surface area contributed by atoms with E-state index in [2.05, 4.69) is 11.8 Å². The van der Waals surface area contributed by atoms with Crippen LogP contribution in [0.4, 0.5) is 8.78 Å². The van der Waals surface area contributed by atoms with Gasteiger partial charge in [-0.25, -0.2) is 8.78 Å². The lowest BCUT2D eigenvalue weighted by Gasteiger charge is -2.24. The molecule has 0 amide bonds. The molecule has 1 atom stereocenters. The van der Waals surface area contributed by atoms with E-state index in [0.29, 0.717) is 12.6 Å². The van der Waals surface area contributed by atoms with Crippen molar-refractivity contribution < 1.29 is 13.9 Å². The van der Waals surface area contributed by atoms with Crippen molar-refractivity contribution in [2.75, 3.05) is 13.1 Å². The van der Waals surface area contributed by atoms with E-state index in [4.69, 9.17) is 0 Å². The highest BCUT2D eigenvalue weighted by Gasteiger charge is 2.31. The average Bonchev–Trinajstić information content (AvgIpc) is 3.12. The Bertz CT molecular complexity index is 387. The number of benzene rings is 1. The molecule has 1 fully saturated rings. The fourth-order valence-corrected chi connectivity index (χ4v) is 2.29. The van der Waals surface area contributed by atoms with Gasteiger partial charge in [0.25, 0.3) is 0 Å². The lowest BCUT2D eigenvalue weighted by atomic mass is 10.1. The van der Waals surface area contributed by atoms with Gasteiger partial charge in [0.1, 0.15) is 11.6 Å². The van der Waals surface area contributed by atoms with Gasteiger partial charge in [0.05, 0.1) is 11.7 Å². The third-order valence-corrected chi connectivity index (χ3v) is 3.31. The minimum absolute atomic E-state index is 0.209. The van der Waals surface area contributed by atoms with Crippen molar-refractivity contribution in [3.05, 3.63) is 35.4 Å². The predicted octanol–water partition coefficient (Wildman–Crippen LogP) is 2.87. The summed E-state index contributed by atoms with van der Waals surface area (Å²) < 4.78 is 27.1. The van der Waals surface area contributed by atoms with Crippen LogP contribution < -0.4 is 0 Å². The summed E-state index contributed by atoms with van der Waals surface area (Å²) in [5.41, 5.74) is -0.209. The van der Waals surface area contributed by atoms with Crippen molar-refractivity contribution in [3.8, 4) is 0 Å². The predicted molar refractivity (Wildman–Crippen MR) is 66.2 cm³/mol. The van der Waals surface area contributed by atoms with Gasteiger partial charge in [-0.15, -0.1) is 0 Å². The van der Waals surface area contributed by atoms with Gasteiger partial charge in [0.15, 0.2) is 0 Å². The zero-order valence-corrected chi connectivity index (χ0v) is 10.6. The van der Waals surface area contributed by atoms with Gasteiger partial charge in [-0.2, -0.15) is 0 Å². The Hall–Kier alpha value is -1.00. The van der Waals surface area contributed by atoms with E-state index in [-0.39, 0.29) is 5.56 Å². The van der Waals surface area contributed by atoms with E-state index in [1.165, 1.54) is 18.2 Å². The van der Waals surface area contributed by atoms with E-state index in [0.717, 1.165) is 25.8 Å². The van der Waals surface area contributed by atoms with Gasteiger partial charge in [0.2, 0.25) is 0 Å². The zero-order chi connectivity index (χ0) is 13.1. The molecule has 0 saturated heterocycles. The van der Waals surface area contributed by atoms with Crippen LogP contribution in [0.1, 0.15) is 37.9 Å². The van der Waals surface area contributed by atoms with Gasteiger partial charge >= 0.3 is 0 Å². The van der Waals surface area contributed by atoms with Crippen LogP contribution in [0.3, 0.4) is 0 Å². The summed E-state index contributed by atoms with van der Waals surface area (Å²) in [7, 11) is 0. The topological polar surface area (TPSA) is 23.5 Å². The lowest BCUT2D eigenvalue weighted by molar-refractivity contribution is 0.102. The van der Waals surface area contributed by atoms with Crippen LogP contribution in [0, 0.1) is 11.6 Å². The third-order valence-electron chi connectivity index (χ3n) is 3.31. The Morgan fingerprint density at radius 2 is 1.94 bits per heavy atom. The number of nitrogens with zero attached hydrogens (tertiary/aromatic N) is 1. The van der Waals surface area contributed by atoms with Crippen LogP contribution >= 0.6 is 0 Å². The monoisotopic (exact) mass is 255 g/mol. The van der Waals surface area contributed by atoms with E-state index >= 15 is 0 Å². The second-order valence-corrected chi connectivity index (χ2v) is 4.88. The number of hydrogen-bond acceptors (Lipinski definition) is 2. The number of aliphatic hydroxyl groups is 1. The molecule has 100 valence electrons. The Morgan fingerprint density at radius 3 is 2.44 bits per heavy atom. The molecular weight excluding hydrogens is 236 g/mol. The van der Waals surface area contributed by atoms with Crippen LogP contribution in [0.2, 0.25) is 0 Å². The Balaban J connectivity index is 2.08. The minimum Gasteiger partial charge on any atom is -0.387 e. The van der Waals surface area contributed by atoms with Gasteiger partial charge in [0, 0.05) is 12.6 Å². The normalized spacial score (nSPS) is 17.2. The van der Waals surface area contributed by atoms with Crippen molar-refractivity contribution >= 4 is 0 Å². The molecule has 1 aliphatic carbocycles. The van der Waals surface area contributed by atoms with Crippen molar-refractivity contribution in [1.29, 1.82) is 0 Å². The summed E-state index contributed by atoms with van der Waals surface area (Å²) in [4.78, 5) is 2.12. The molecule has 0 aliphatic heterocycles. The maximum atomic E-state index is 13.5. The molecule has 18 heavy (non-hydrogen) atoms. The summed E-state index contributed by atoms with van der Waals surface area (Å²) in [5, 5.41) is 10.0. The van der Waals surface area contributed by atoms with Crippen LogP contribution in [0.15, 0.2) is 18.2 Å². The molecule has 0 aromatic heterocycles. The Morgan fingerprint density at radius 1 is 1.33 bits per heavy atom. The van der Waals surface area contributed by atoms with Gasteiger partial charge < -0.3 is 5.11 Å². The highest BCUT2D eigenvalue weighted by Crippen LogP contribution is 2.30. The SMILES string of the molecule is CCCN(CC(O)c1c(F)cccc1F)C1CC1. The molecular formula is C14H19F2NO. The molecule has 2 rings (SSSR count). The number of aliphatic hydroxyl groups excluding tert-OH is 1. The lowest BCUT2D eigenvalue weighted by Crippen LogP contribution is -2.32. The number of halogens is 2. The van der Waals surface area contributed by atoms with E-state index in [1.807, 2.05) is 0 Å². The molecule has 1 unspecified atom stereocenters. The maximum Gasteiger partial charge on any atom is 0.131 e. The maximum absolute atomic E-state index is 13.5. The smallest absolute Gasteiger partial charge is 0.131 e. The molecule has 1 aliphatic rings. The van der Waals surface area contributed by atoms with E-state index in [1.54, 1.807) is 0 Å². The highest BCUT2D eigenvalue weighted by molar-refractivity contribution is 5.22. The average molecular weight is 255 g/mol. The summed E-state index contributed by atoms with van der Waals surface area (Å²) in [6.07, 6.45) is 2.11. The number of rotatable bonds is 6. The van der Waals surface area contributed by atoms with Crippen LogP contribution in [0.5, 0.6) is 0 Å². The molecule has 0 heterocycles. The van der Waals surface area contributed by atoms with E-state index in [9.17, 15) is 13.9 Å². The first-order chi connectivity index (χ1) is 8.63. The number of hydrogen-bond donors (Lipinski definition) is 1. The second-order valence-electron chi connectivity index (χ2n) is 4.88. The summed E-state index contributed by atoms with van der Waals surface area (Å²) in [6, 6.07) is 4.16. The fourth-order valence-electron chi connectivity index (χ4n) is 2.29. The van der Waals surface area contributed by atoms with E-state index < -0.39 is 17.7 Å². The minimum atomic E-state index is -1.10. The molecule has 0 radical (unpaired) electrons. The standard InChI is InChI=1S/C14H19F2NO/c1-2-8-17(10-6-7-10)9-13(18)14-11(15)4-3-5-12(14)16/h3-5,10,13,18H,2,6-9H2,1H3. The molecule has 4 heteroatoms. The Labute approximate surface area is 106 Å². The molecule has 1 aromatic rings. The fraction of sp³-hybridized carbons (Fsp3) is 0.571. The second kappa shape index (κ2) is 5.76. The first-order valence-electron chi connectivity index (χ1n) is 6.49. The van der Waals surface area contributed by atoms with Crippen molar-refractivity contribution in [1.82, 2.24) is 4.90 Å². The van der Waals surface area contributed by atoms with Crippen LogP contribution in [0.25, 0.3) is 0 Å². The van der Waals surface area contributed by atoms with Crippen LogP contribution in [-0.4, -0.2) is 29.1 Å². The van der Waals surface area contributed by atoms with Crippen LogP contribution in [-0.2, 0) is 0 Å². The quantitative estimate of drug-likeness (QED) is 0.845. The summed E-state index contributed by atoms with van der Waals surface area (Å²) >= 11 is 0. The Kier molecular flexibility index (Phi) is 4.30. The first-order valence-corrected chi connectivity index (χ1v) is 6.49. The molecule has 1 aromatic carbocycles. The van der Waals surface area contributed by atoms with Gasteiger partial charge in [-0.1, -0.05) is 13.0 Å². The molecule has 0 bridgehead atoms. The third kappa shape index (κ3) is 3.06. The highest BCUT2D eigenvalue weighted by atomic mass is 19.1. The zero-order valence-electron chi connectivity index (χ0n) is 10.6. The van der Waals surface area contributed by atoms with Crippen molar-refractivity contribution in [2.45, 2.75) is 38.3 Å². The van der Waals surface area contributed by atoms with Gasteiger partial charge in [-0.3, -0.25) is 4.90 Å². The van der Waals surface area contributed by atoms with Gasteiger partial charge in [-0.05, 0) is 37.9 Å². The molecule has 1 saturated carbocycles. The summed E-state index contributed by atoms with van der Waals surface area (Å²) in [5.74, 6) is -1.34. The van der Waals surface area contributed by atoms with Crippen molar-refractivity contribution in [3.63, 3.8) is 0 Å². The molecule has 2 nitrogen and oxygen atoms in total. The molecule has 0 spiro atoms. The summed E-state index contributed by atoms with van der Waals surface area (Å²) in [6.45, 7) is 3.22.